The van der Waals surface area contributed by atoms with Gasteiger partial charge in [-0.1, -0.05) is 97.1 Å². The number of nitrogens with zero attached hydrogens (tertiary/aromatic N) is 6. The number of benzene rings is 6. The van der Waals surface area contributed by atoms with E-state index < -0.39 is 0 Å². The highest BCUT2D eigenvalue weighted by Gasteiger charge is 2.24. The van der Waals surface area contributed by atoms with Crippen LogP contribution in [0, 0.1) is 0 Å². The molecule has 0 unspecified atom stereocenters. The minimum atomic E-state index is 0.833. The van der Waals surface area contributed by atoms with Gasteiger partial charge in [0.2, 0.25) is 5.78 Å². The zero-order valence-corrected chi connectivity index (χ0v) is 29.6. The van der Waals surface area contributed by atoms with Gasteiger partial charge in [-0.2, -0.15) is 0 Å². The molecule has 0 amide bonds. The minimum Gasteiger partial charge on any atom is -0.307 e. The van der Waals surface area contributed by atoms with Crippen molar-refractivity contribution in [2.75, 3.05) is 0 Å². The smallest absolute Gasteiger partial charge is 0.220 e. The molecule has 252 valence electrons. The first-order valence-electron chi connectivity index (χ1n) is 18.0. The number of thiophene rings is 1. The third-order valence-corrected chi connectivity index (χ3v) is 12.0. The Morgan fingerprint density at radius 2 is 1.24 bits per heavy atom. The van der Waals surface area contributed by atoms with Gasteiger partial charge in [-0.25, -0.2) is 4.98 Å². The zero-order valence-electron chi connectivity index (χ0n) is 28.8. The van der Waals surface area contributed by atoms with Crippen LogP contribution in [0.15, 0.2) is 170 Å². The molecule has 6 nitrogen and oxygen atoms in total. The Kier molecular flexibility index (Phi) is 6.12. The van der Waals surface area contributed by atoms with E-state index in [2.05, 4.69) is 170 Å². The van der Waals surface area contributed by atoms with Gasteiger partial charge in [0.1, 0.15) is 5.52 Å². The molecule has 0 saturated carbocycles. The van der Waals surface area contributed by atoms with Gasteiger partial charge >= 0.3 is 0 Å². The second kappa shape index (κ2) is 11.2. The molecular formula is C47H28N6S. The van der Waals surface area contributed by atoms with Gasteiger partial charge in [-0.15, -0.1) is 11.3 Å². The van der Waals surface area contributed by atoms with Gasteiger partial charge in [0.05, 0.1) is 49.9 Å². The van der Waals surface area contributed by atoms with E-state index in [1.165, 1.54) is 30.9 Å². The van der Waals surface area contributed by atoms with Crippen molar-refractivity contribution in [1.82, 2.24) is 28.5 Å². The molecule has 0 bridgehead atoms. The summed E-state index contributed by atoms with van der Waals surface area (Å²) in [6, 6.07) is 53.9. The van der Waals surface area contributed by atoms with E-state index in [1.807, 2.05) is 18.6 Å². The highest BCUT2D eigenvalue weighted by molar-refractivity contribution is 7.26. The van der Waals surface area contributed by atoms with Gasteiger partial charge in [0.25, 0.3) is 0 Å². The van der Waals surface area contributed by atoms with E-state index in [0.717, 1.165) is 72.6 Å². The summed E-state index contributed by atoms with van der Waals surface area (Å²) >= 11 is 1.81. The van der Waals surface area contributed by atoms with Crippen molar-refractivity contribution in [3.63, 3.8) is 0 Å². The fraction of sp³-hybridized carbons (Fsp3) is 0. The Morgan fingerprint density at radius 1 is 0.481 bits per heavy atom. The molecule has 12 aromatic rings. The Hall–Kier alpha value is -7.09. The summed E-state index contributed by atoms with van der Waals surface area (Å²) in [4.78, 5) is 15.2. The van der Waals surface area contributed by atoms with Gasteiger partial charge < -0.3 is 4.57 Å². The molecule has 0 saturated heterocycles. The maximum atomic E-state index is 5.59. The largest absolute Gasteiger partial charge is 0.307 e. The van der Waals surface area contributed by atoms with Crippen molar-refractivity contribution < 1.29 is 0 Å². The van der Waals surface area contributed by atoms with Crippen molar-refractivity contribution in [3.8, 4) is 33.8 Å². The van der Waals surface area contributed by atoms with E-state index in [1.54, 1.807) is 11.3 Å². The second-order valence-corrected chi connectivity index (χ2v) is 14.7. The average Bonchev–Trinajstić information content (AvgIpc) is 3.98. The Bertz CT molecular complexity index is 3460. The Morgan fingerprint density at radius 3 is 2.15 bits per heavy atom. The van der Waals surface area contributed by atoms with Crippen LogP contribution in [-0.2, 0) is 0 Å². The standard InChI is InChI=1S/C47H28N6S/c1-2-12-29(13-3-1)51-37-19-9-7-16-32(37)35-22-23-40-44(45(35)51)50-47-52(39-25-26-48-28-41(39)53(40)47)38-20-10-6-15-31(38)30-14-4-5-18-34(30)43-46-36(24-27-49-43)33-17-8-11-21-42(33)54-46/h1-28H. The SMILES string of the molecule is c1ccc(-n2c3ccccc3c3ccc4c(nc5n(-c6ccccc6-c6ccccc6-c6nccc7c6sc6ccccc67)c6ccncc6n45)c32)cc1. The van der Waals surface area contributed by atoms with Crippen LogP contribution < -0.4 is 0 Å². The van der Waals surface area contributed by atoms with Crippen LogP contribution >= 0.6 is 11.3 Å². The normalized spacial score (nSPS) is 12.1. The summed E-state index contributed by atoms with van der Waals surface area (Å²) in [6.45, 7) is 0. The Labute approximate surface area is 312 Å². The van der Waals surface area contributed by atoms with Crippen molar-refractivity contribution in [3.05, 3.63) is 170 Å². The molecule has 0 aliphatic heterocycles. The fourth-order valence-corrected chi connectivity index (χ4v) is 9.76. The van der Waals surface area contributed by atoms with Gasteiger partial charge in [-0.05, 0) is 60.2 Å². The lowest BCUT2D eigenvalue weighted by atomic mass is 9.95. The number of hydrogen-bond acceptors (Lipinski definition) is 4. The highest BCUT2D eigenvalue weighted by Crippen LogP contribution is 2.44. The predicted molar refractivity (Wildman–Crippen MR) is 223 cm³/mol. The number of fused-ring (bicyclic) bond motifs is 12. The van der Waals surface area contributed by atoms with E-state index in [9.17, 15) is 0 Å². The minimum absolute atomic E-state index is 0.833. The van der Waals surface area contributed by atoms with Crippen LogP contribution in [-0.4, -0.2) is 28.5 Å². The van der Waals surface area contributed by atoms with Crippen LogP contribution in [0.3, 0.4) is 0 Å². The van der Waals surface area contributed by atoms with Gasteiger partial charge in [0.15, 0.2) is 0 Å². The summed E-state index contributed by atoms with van der Waals surface area (Å²) < 4.78 is 9.39. The summed E-state index contributed by atoms with van der Waals surface area (Å²) in [5, 5.41) is 4.88. The van der Waals surface area contributed by atoms with Gasteiger partial charge in [-0.3, -0.25) is 18.9 Å². The topological polar surface area (TPSA) is 52.9 Å². The third kappa shape index (κ3) is 4.01. The number of imidazole rings is 2. The van der Waals surface area contributed by atoms with Gasteiger partial charge in [0, 0.05) is 55.5 Å². The van der Waals surface area contributed by atoms with Crippen LogP contribution in [0.1, 0.15) is 0 Å². The first-order chi connectivity index (χ1) is 26.8. The van der Waals surface area contributed by atoms with E-state index in [4.69, 9.17) is 9.97 Å². The molecule has 0 N–H and O–H groups in total. The average molecular weight is 709 g/mol. The predicted octanol–water partition coefficient (Wildman–Crippen LogP) is 12.0. The maximum absolute atomic E-state index is 5.59. The molecule has 7 heteroatoms. The fourth-order valence-electron chi connectivity index (χ4n) is 8.56. The van der Waals surface area contributed by atoms with E-state index >= 15 is 0 Å². The molecular weight excluding hydrogens is 681 g/mol. The number of para-hydroxylation sites is 3. The molecule has 0 aliphatic carbocycles. The summed E-state index contributed by atoms with van der Waals surface area (Å²) in [5.74, 6) is 0.833. The molecule has 0 aliphatic rings. The quantitative estimate of drug-likeness (QED) is 0.183. The molecule has 0 fully saturated rings. The number of pyridine rings is 2. The van der Waals surface area contributed by atoms with E-state index in [-0.39, 0.29) is 0 Å². The third-order valence-electron chi connectivity index (χ3n) is 10.8. The molecule has 6 aromatic carbocycles. The van der Waals surface area contributed by atoms with Crippen LogP contribution in [0.4, 0.5) is 0 Å². The molecule has 0 radical (unpaired) electrons. The first-order valence-corrected chi connectivity index (χ1v) is 18.8. The molecule has 12 rings (SSSR count). The number of hydrogen-bond donors (Lipinski definition) is 0. The molecule has 6 aromatic heterocycles. The summed E-state index contributed by atoms with van der Waals surface area (Å²) in [7, 11) is 0. The number of rotatable bonds is 4. The van der Waals surface area contributed by atoms with Crippen molar-refractivity contribution in [2.45, 2.75) is 0 Å². The first kappa shape index (κ1) is 29.5. The summed E-state index contributed by atoms with van der Waals surface area (Å²) in [6.07, 6.45) is 5.77. The van der Waals surface area contributed by atoms with Crippen LogP contribution in [0.5, 0.6) is 0 Å². The van der Waals surface area contributed by atoms with Crippen molar-refractivity contribution in [2.24, 2.45) is 0 Å². The molecule has 54 heavy (non-hydrogen) atoms. The zero-order chi connectivity index (χ0) is 35.3. The summed E-state index contributed by atoms with van der Waals surface area (Å²) in [5.41, 5.74) is 12.7. The van der Waals surface area contributed by atoms with Crippen LogP contribution in [0.25, 0.3) is 104 Å². The lowest BCUT2D eigenvalue weighted by molar-refractivity contribution is 1.11. The molecule has 6 heterocycles. The highest BCUT2D eigenvalue weighted by atomic mass is 32.1. The molecule has 0 spiro atoms. The van der Waals surface area contributed by atoms with E-state index in [0.29, 0.717) is 0 Å². The maximum Gasteiger partial charge on any atom is 0.220 e. The Balaban J connectivity index is 1.16. The van der Waals surface area contributed by atoms with Crippen LogP contribution in [0.2, 0.25) is 0 Å². The lowest BCUT2D eigenvalue weighted by Gasteiger charge is -2.15. The van der Waals surface area contributed by atoms with Crippen molar-refractivity contribution in [1.29, 1.82) is 0 Å². The number of aromatic nitrogens is 6. The molecule has 0 atom stereocenters. The van der Waals surface area contributed by atoms with Crippen molar-refractivity contribution >= 4 is 81.2 Å². The lowest BCUT2D eigenvalue weighted by Crippen LogP contribution is -1.99. The monoisotopic (exact) mass is 708 g/mol. The second-order valence-electron chi connectivity index (χ2n) is 13.7.